The monoisotopic (exact) mass is 384 g/mol. The zero-order valence-electron chi connectivity index (χ0n) is 12.9. The van der Waals surface area contributed by atoms with Gasteiger partial charge in [-0.25, -0.2) is 4.99 Å². The Morgan fingerprint density at radius 1 is 1.39 bits per heavy atom. The van der Waals surface area contributed by atoms with Crippen LogP contribution < -0.4 is 0 Å². The molecule has 0 N–H and O–H groups in total. The van der Waals surface area contributed by atoms with Crippen LogP contribution in [0.5, 0.6) is 0 Å². The number of aliphatic imine (C=N–C) groups is 1. The molecule has 0 aliphatic heterocycles. The van der Waals surface area contributed by atoms with Gasteiger partial charge in [0.25, 0.3) is 0 Å². The summed E-state index contributed by atoms with van der Waals surface area (Å²) in [4.78, 5) is 5.90. The summed E-state index contributed by atoms with van der Waals surface area (Å²) in [6, 6.07) is 12.4. The first-order chi connectivity index (χ1) is 11.2. The minimum atomic E-state index is 0.703. The summed E-state index contributed by atoms with van der Waals surface area (Å²) in [5.74, 6) is 0.703. The van der Waals surface area contributed by atoms with Gasteiger partial charge < -0.3 is 0 Å². The molecule has 0 spiro atoms. The lowest BCUT2D eigenvalue weighted by Gasteiger charge is -2.17. The molecular formula is C19H17BrN2S. The van der Waals surface area contributed by atoms with Gasteiger partial charge in [-0.3, -0.25) is 0 Å². The third-order valence-electron chi connectivity index (χ3n) is 4.01. The first-order valence-corrected chi connectivity index (χ1v) is 9.29. The number of halogens is 1. The first kappa shape index (κ1) is 16.2. The van der Waals surface area contributed by atoms with Crippen molar-refractivity contribution < 1.29 is 0 Å². The van der Waals surface area contributed by atoms with Crippen LogP contribution in [0.4, 0.5) is 5.00 Å². The Bertz CT molecular complexity index is 797. The number of rotatable bonds is 3. The molecule has 0 amide bonds. The van der Waals surface area contributed by atoms with Gasteiger partial charge in [-0.05, 0) is 58.3 Å². The van der Waals surface area contributed by atoms with E-state index in [1.54, 1.807) is 17.6 Å². The number of hydrogen-bond acceptors (Lipinski definition) is 3. The Balaban J connectivity index is 1.86. The molecule has 116 valence electrons. The van der Waals surface area contributed by atoms with Gasteiger partial charge in [-0.15, -0.1) is 11.3 Å². The van der Waals surface area contributed by atoms with Crippen molar-refractivity contribution in [3.63, 3.8) is 0 Å². The second-order valence-electron chi connectivity index (χ2n) is 5.84. The summed E-state index contributed by atoms with van der Waals surface area (Å²) in [6.45, 7) is 2.27. The van der Waals surface area contributed by atoms with Crippen molar-refractivity contribution in [2.45, 2.75) is 26.2 Å². The highest BCUT2D eigenvalue weighted by atomic mass is 79.9. The van der Waals surface area contributed by atoms with Gasteiger partial charge in [0.1, 0.15) is 11.1 Å². The van der Waals surface area contributed by atoms with E-state index in [-0.39, 0.29) is 0 Å². The summed E-state index contributed by atoms with van der Waals surface area (Å²) in [7, 11) is 0. The molecule has 1 unspecified atom stereocenters. The van der Waals surface area contributed by atoms with Crippen molar-refractivity contribution in [1.29, 1.82) is 5.26 Å². The van der Waals surface area contributed by atoms with Crippen LogP contribution in [-0.4, -0.2) is 6.21 Å². The van der Waals surface area contributed by atoms with E-state index in [0.717, 1.165) is 33.5 Å². The fraction of sp³-hybridized carbons (Fsp3) is 0.263. The van der Waals surface area contributed by atoms with Crippen LogP contribution in [0, 0.1) is 17.2 Å². The van der Waals surface area contributed by atoms with Crippen LogP contribution in [0.1, 0.15) is 34.9 Å². The third kappa shape index (κ3) is 3.80. The zero-order chi connectivity index (χ0) is 16.2. The number of thiophene rings is 1. The van der Waals surface area contributed by atoms with Crippen LogP contribution in [0.15, 0.2) is 39.8 Å². The maximum atomic E-state index is 9.49. The second-order valence-corrected chi connectivity index (χ2v) is 7.84. The van der Waals surface area contributed by atoms with Gasteiger partial charge in [0.05, 0.1) is 5.56 Å². The largest absolute Gasteiger partial charge is 0.243 e. The van der Waals surface area contributed by atoms with E-state index in [1.807, 2.05) is 36.4 Å². The van der Waals surface area contributed by atoms with Crippen molar-refractivity contribution in [2.24, 2.45) is 10.9 Å². The lowest BCUT2D eigenvalue weighted by Crippen LogP contribution is -2.09. The van der Waals surface area contributed by atoms with Gasteiger partial charge in [-0.1, -0.05) is 37.3 Å². The number of nitriles is 1. The highest BCUT2D eigenvalue weighted by Crippen LogP contribution is 2.40. The Kier molecular flexibility index (Phi) is 5.09. The molecule has 0 fully saturated rings. The molecule has 3 rings (SSSR count). The summed E-state index contributed by atoms with van der Waals surface area (Å²) in [5, 5.41) is 10.3. The SMILES string of the molecule is CC1CCc2c(sc(N=CC(Br)=Cc3ccccc3)c2C#N)C1. The molecule has 0 saturated heterocycles. The predicted molar refractivity (Wildman–Crippen MR) is 102 cm³/mol. The standard InChI is InChI=1S/C19H17BrN2S/c1-13-7-8-16-17(11-21)19(23-18(16)9-13)22-12-15(20)10-14-5-3-2-4-6-14/h2-6,10,12-13H,7-9H2,1H3. The van der Waals surface area contributed by atoms with Crippen LogP contribution in [0.2, 0.25) is 0 Å². The minimum absolute atomic E-state index is 0.703. The normalized spacial score (nSPS) is 18.0. The van der Waals surface area contributed by atoms with E-state index in [0.29, 0.717) is 5.92 Å². The Morgan fingerprint density at radius 3 is 2.91 bits per heavy atom. The highest BCUT2D eigenvalue weighted by Gasteiger charge is 2.23. The van der Waals surface area contributed by atoms with E-state index in [2.05, 4.69) is 33.9 Å². The van der Waals surface area contributed by atoms with E-state index in [9.17, 15) is 5.26 Å². The van der Waals surface area contributed by atoms with Crippen LogP contribution in [-0.2, 0) is 12.8 Å². The molecule has 2 nitrogen and oxygen atoms in total. The molecule has 0 radical (unpaired) electrons. The third-order valence-corrected chi connectivity index (χ3v) is 5.61. The lowest BCUT2D eigenvalue weighted by atomic mass is 9.89. The van der Waals surface area contributed by atoms with Gasteiger partial charge in [-0.2, -0.15) is 5.26 Å². The summed E-state index contributed by atoms with van der Waals surface area (Å²) < 4.78 is 0.896. The van der Waals surface area contributed by atoms with Crippen molar-refractivity contribution >= 4 is 44.6 Å². The Hall–Kier alpha value is -1.70. The lowest BCUT2D eigenvalue weighted by molar-refractivity contribution is 0.507. The molecule has 4 heteroatoms. The summed E-state index contributed by atoms with van der Waals surface area (Å²) in [6.07, 6.45) is 7.05. The smallest absolute Gasteiger partial charge is 0.134 e. The zero-order valence-corrected chi connectivity index (χ0v) is 15.3. The highest BCUT2D eigenvalue weighted by molar-refractivity contribution is 9.12. The van der Waals surface area contributed by atoms with Crippen LogP contribution in [0.25, 0.3) is 6.08 Å². The van der Waals surface area contributed by atoms with Gasteiger partial charge in [0.2, 0.25) is 0 Å². The molecule has 2 aromatic rings. The van der Waals surface area contributed by atoms with Crippen LogP contribution in [0.3, 0.4) is 0 Å². The summed E-state index contributed by atoms with van der Waals surface area (Å²) >= 11 is 5.20. The van der Waals surface area contributed by atoms with Crippen molar-refractivity contribution in [3.05, 3.63) is 56.4 Å². The van der Waals surface area contributed by atoms with Gasteiger partial charge in [0.15, 0.2) is 0 Å². The maximum Gasteiger partial charge on any atom is 0.134 e. The van der Waals surface area contributed by atoms with E-state index in [4.69, 9.17) is 0 Å². The average Bonchev–Trinajstić information content (AvgIpc) is 2.90. The molecule has 23 heavy (non-hydrogen) atoms. The average molecular weight is 385 g/mol. The van der Waals surface area contributed by atoms with Gasteiger partial charge in [0, 0.05) is 15.6 Å². The number of benzene rings is 1. The summed E-state index contributed by atoms with van der Waals surface area (Å²) in [5.41, 5.74) is 3.12. The second kappa shape index (κ2) is 7.25. The van der Waals surface area contributed by atoms with Crippen molar-refractivity contribution in [3.8, 4) is 6.07 Å². The molecular weight excluding hydrogens is 368 g/mol. The molecule has 1 atom stereocenters. The fourth-order valence-corrected chi connectivity index (χ4v) is 4.48. The maximum absolute atomic E-state index is 9.49. The van der Waals surface area contributed by atoms with Gasteiger partial charge >= 0.3 is 0 Å². The molecule has 0 bridgehead atoms. The Morgan fingerprint density at radius 2 is 2.17 bits per heavy atom. The number of hydrogen-bond donors (Lipinski definition) is 0. The number of nitrogens with zero attached hydrogens (tertiary/aromatic N) is 2. The molecule has 1 heterocycles. The van der Waals surface area contributed by atoms with Crippen LogP contribution >= 0.6 is 27.3 Å². The minimum Gasteiger partial charge on any atom is -0.243 e. The predicted octanol–water partition coefficient (Wildman–Crippen LogP) is 5.88. The fourth-order valence-electron chi connectivity index (χ4n) is 2.81. The molecule has 1 aliphatic rings. The first-order valence-electron chi connectivity index (χ1n) is 7.68. The Labute approximate surface area is 149 Å². The number of allylic oxidation sites excluding steroid dienone is 1. The molecule has 1 aromatic carbocycles. The van der Waals surface area contributed by atoms with E-state index < -0.39 is 0 Å². The van der Waals surface area contributed by atoms with E-state index >= 15 is 0 Å². The van der Waals surface area contributed by atoms with E-state index in [1.165, 1.54) is 16.9 Å². The topological polar surface area (TPSA) is 36.1 Å². The quantitative estimate of drug-likeness (QED) is 0.608. The molecule has 1 aromatic heterocycles. The molecule has 1 aliphatic carbocycles. The molecule has 0 saturated carbocycles. The van der Waals surface area contributed by atoms with Crippen molar-refractivity contribution in [2.75, 3.05) is 0 Å². The van der Waals surface area contributed by atoms with Crippen molar-refractivity contribution in [1.82, 2.24) is 0 Å². The number of fused-ring (bicyclic) bond motifs is 1.